The quantitative estimate of drug-likeness (QED) is 0.783. The highest BCUT2D eigenvalue weighted by atomic mass is 35.5. The molecule has 16 heavy (non-hydrogen) atoms. The average Bonchev–Trinajstić information content (AvgIpc) is 2.60. The lowest BCUT2D eigenvalue weighted by molar-refractivity contribution is 0.485. The van der Waals surface area contributed by atoms with Crippen LogP contribution in [-0.2, 0) is 0 Å². The molecule has 0 bridgehead atoms. The lowest BCUT2D eigenvalue weighted by atomic mass is 10.0. The number of aromatic nitrogens is 1. The Labute approximate surface area is 98.1 Å². The van der Waals surface area contributed by atoms with Crippen LogP contribution in [0, 0.1) is 5.82 Å². The van der Waals surface area contributed by atoms with Crippen molar-refractivity contribution in [1.29, 1.82) is 0 Å². The number of oxazole rings is 1. The lowest BCUT2D eigenvalue weighted by Gasteiger charge is -2.03. The van der Waals surface area contributed by atoms with Gasteiger partial charge in [-0.25, -0.2) is 4.39 Å². The zero-order valence-electron chi connectivity index (χ0n) is 9.00. The maximum absolute atomic E-state index is 13.1. The van der Waals surface area contributed by atoms with Crippen LogP contribution in [0.4, 0.5) is 4.39 Å². The van der Waals surface area contributed by atoms with E-state index in [1.165, 1.54) is 12.1 Å². The second-order valence-corrected chi connectivity index (χ2v) is 4.17. The number of halogens is 2. The molecule has 0 atom stereocenters. The summed E-state index contributed by atoms with van der Waals surface area (Å²) in [6, 6.07) is 6.22. The van der Waals surface area contributed by atoms with Crippen molar-refractivity contribution >= 4 is 11.6 Å². The molecule has 1 aromatic carbocycles. The van der Waals surface area contributed by atoms with Crippen LogP contribution >= 0.6 is 11.6 Å². The van der Waals surface area contributed by atoms with Crippen molar-refractivity contribution in [2.24, 2.45) is 0 Å². The topological polar surface area (TPSA) is 26.0 Å². The number of rotatable bonds is 2. The van der Waals surface area contributed by atoms with Crippen molar-refractivity contribution < 1.29 is 8.81 Å². The van der Waals surface area contributed by atoms with Crippen LogP contribution in [0.2, 0.25) is 5.35 Å². The molecule has 2 aromatic rings. The zero-order valence-corrected chi connectivity index (χ0v) is 9.75. The Balaban J connectivity index is 2.55. The molecule has 0 unspecified atom stereocenters. The Morgan fingerprint density at radius 2 is 2.12 bits per heavy atom. The van der Waals surface area contributed by atoms with Gasteiger partial charge in [-0.2, -0.15) is 4.98 Å². The first-order valence-electron chi connectivity index (χ1n) is 5.00. The van der Waals surface area contributed by atoms with Crippen LogP contribution < -0.4 is 0 Å². The summed E-state index contributed by atoms with van der Waals surface area (Å²) in [5.74, 6) is 0.528. The molecule has 0 saturated heterocycles. The normalized spacial score (nSPS) is 11.1. The molecule has 0 radical (unpaired) electrons. The number of hydrogen-bond donors (Lipinski definition) is 0. The molecule has 0 fully saturated rings. The van der Waals surface area contributed by atoms with Crippen molar-refractivity contribution in [3.05, 3.63) is 41.2 Å². The molecule has 2 rings (SSSR count). The van der Waals surface area contributed by atoms with Gasteiger partial charge < -0.3 is 4.42 Å². The first kappa shape index (κ1) is 11.1. The van der Waals surface area contributed by atoms with Gasteiger partial charge in [0, 0.05) is 11.5 Å². The number of nitrogens with zero attached hydrogens (tertiary/aromatic N) is 1. The van der Waals surface area contributed by atoms with Crippen LogP contribution in [0.3, 0.4) is 0 Å². The van der Waals surface area contributed by atoms with E-state index in [-0.39, 0.29) is 17.1 Å². The van der Waals surface area contributed by atoms with Gasteiger partial charge in [-0.1, -0.05) is 26.0 Å². The Morgan fingerprint density at radius 3 is 2.75 bits per heavy atom. The van der Waals surface area contributed by atoms with Crippen molar-refractivity contribution in [2.45, 2.75) is 19.8 Å². The second-order valence-electron chi connectivity index (χ2n) is 3.84. The molecule has 4 heteroatoms. The minimum Gasteiger partial charge on any atom is -0.432 e. The van der Waals surface area contributed by atoms with E-state index < -0.39 is 0 Å². The maximum atomic E-state index is 13.1. The Kier molecular flexibility index (Phi) is 2.97. The summed E-state index contributed by atoms with van der Waals surface area (Å²) >= 11 is 5.73. The van der Waals surface area contributed by atoms with E-state index in [2.05, 4.69) is 4.98 Å². The van der Waals surface area contributed by atoms with E-state index in [0.717, 1.165) is 0 Å². The van der Waals surface area contributed by atoms with Crippen molar-refractivity contribution in [3.63, 3.8) is 0 Å². The van der Waals surface area contributed by atoms with Gasteiger partial charge in [-0.3, -0.25) is 0 Å². The third-order valence-electron chi connectivity index (χ3n) is 2.25. The van der Waals surface area contributed by atoms with Gasteiger partial charge in [0.05, 0.1) is 0 Å². The first-order chi connectivity index (χ1) is 7.58. The summed E-state index contributed by atoms with van der Waals surface area (Å²) in [6.07, 6.45) is 0. The van der Waals surface area contributed by atoms with Gasteiger partial charge in [-0.15, -0.1) is 0 Å². The first-order valence-corrected chi connectivity index (χ1v) is 5.38. The van der Waals surface area contributed by atoms with Gasteiger partial charge in [0.25, 0.3) is 5.35 Å². The van der Waals surface area contributed by atoms with Crippen LogP contribution in [0.1, 0.15) is 25.5 Å². The van der Waals surface area contributed by atoms with E-state index in [1.54, 1.807) is 12.1 Å². The molecule has 0 aliphatic carbocycles. The molecule has 0 saturated carbocycles. The fourth-order valence-corrected chi connectivity index (χ4v) is 1.71. The van der Waals surface area contributed by atoms with Crippen LogP contribution in [0.5, 0.6) is 0 Å². The SMILES string of the molecule is CC(C)c1oc(Cl)nc1-c1cccc(F)c1. The van der Waals surface area contributed by atoms with Crippen LogP contribution in [-0.4, -0.2) is 4.98 Å². The molecule has 0 spiro atoms. The van der Waals surface area contributed by atoms with Gasteiger partial charge in [0.2, 0.25) is 0 Å². The summed E-state index contributed by atoms with van der Waals surface area (Å²) in [6.45, 7) is 3.94. The largest absolute Gasteiger partial charge is 0.432 e. The van der Waals surface area contributed by atoms with E-state index in [0.29, 0.717) is 17.0 Å². The predicted octanol–water partition coefficient (Wildman–Crippen LogP) is 4.26. The number of benzene rings is 1. The minimum absolute atomic E-state index is 0.0861. The van der Waals surface area contributed by atoms with Crippen molar-refractivity contribution in [3.8, 4) is 11.3 Å². The standard InChI is InChI=1S/C12H11ClFNO/c1-7(2)11-10(15-12(13)16-11)8-4-3-5-9(14)6-8/h3-7H,1-2H3. The Bertz CT molecular complexity index is 507. The van der Waals surface area contributed by atoms with E-state index in [9.17, 15) is 4.39 Å². The summed E-state index contributed by atoms with van der Waals surface area (Å²) < 4.78 is 18.4. The molecule has 1 aromatic heterocycles. The smallest absolute Gasteiger partial charge is 0.292 e. The summed E-state index contributed by atoms with van der Waals surface area (Å²) in [4.78, 5) is 4.08. The van der Waals surface area contributed by atoms with Crippen LogP contribution in [0.15, 0.2) is 28.7 Å². The molecule has 0 amide bonds. The van der Waals surface area contributed by atoms with Crippen molar-refractivity contribution in [1.82, 2.24) is 4.98 Å². The Morgan fingerprint density at radius 1 is 1.38 bits per heavy atom. The summed E-state index contributed by atoms with van der Waals surface area (Å²) in [5.41, 5.74) is 1.29. The van der Waals surface area contributed by atoms with Crippen LogP contribution in [0.25, 0.3) is 11.3 Å². The second kappa shape index (κ2) is 4.26. The monoisotopic (exact) mass is 239 g/mol. The molecule has 0 aliphatic rings. The molecule has 0 N–H and O–H groups in total. The van der Waals surface area contributed by atoms with Gasteiger partial charge >= 0.3 is 0 Å². The molecule has 2 nitrogen and oxygen atoms in total. The fraction of sp³-hybridized carbons (Fsp3) is 0.250. The molecular weight excluding hydrogens is 229 g/mol. The highest BCUT2D eigenvalue weighted by Gasteiger charge is 2.17. The van der Waals surface area contributed by atoms with Crippen molar-refractivity contribution in [2.75, 3.05) is 0 Å². The fourth-order valence-electron chi connectivity index (χ4n) is 1.54. The molecular formula is C12H11ClFNO. The lowest BCUT2D eigenvalue weighted by Crippen LogP contribution is -1.89. The highest BCUT2D eigenvalue weighted by Crippen LogP contribution is 2.31. The highest BCUT2D eigenvalue weighted by molar-refractivity contribution is 6.27. The minimum atomic E-state index is -0.300. The maximum Gasteiger partial charge on any atom is 0.292 e. The summed E-state index contributed by atoms with van der Waals surface area (Å²) in [5, 5.41) is 0.0861. The van der Waals surface area contributed by atoms with E-state index in [4.69, 9.17) is 16.0 Å². The zero-order chi connectivity index (χ0) is 11.7. The predicted molar refractivity (Wildman–Crippen MR) is 61.0 cm³/mol. The van der Waals surface area contributed by atoms with E-state index >= 15 is 0 Å². The summed E-state index contributed by atoms with van der Waals surface area (Å²) in [7, 11) is 0. The van der Waals surface area contributed by atoms with Gasteiger partial charge in [0.1, 0.15) is 17.3 Å². The third kappa shape index (κ3) is 2.09. The third-order valence-corrected chi connectivity index (χ3v) is 2.41. The molecule has 1 heterocycles. The molecule has 0 aliphatic heterocycles. The van der Waals surface area contributed by atoms with Gasteiger partial charge in [-0.05, 0) is 23.7 Å². The van der Waals surface area contributed by atoms with E-state index in [1.807, 2.05) is 13.8 Å². The number of hydrogen-bond acceptors (Lipinski definition) is 2. The Hall–Kier alpha value is -1.35. The van der Waals surface area contributed by atoms with Gasteiger partial charge in [0.15, 0.2) is 0 Å². The molecule has 84 valence electrons. The average molecular weight is 240 g/mol.